The molecule has 0 saturated heterocycles. The predicted molar refractivity (Wildman–Crippen MR) is 42.0 cm³/mol. The summed E-state index contributed by atoms with van der Waals surface area (Å²) in [6.45, 7) is 3.49. The summed E-state index contributed by atoms with van der Waals surface area (Å²) >= 11 is 0. The second kappa shape index (κ2) is 6.38. The Bertz CT molecular complexity index is 195. The molecule has 4 heteroatoms. The molecule has 1 N–H and O–H groups in total. The van der Waals surface area contributed by atoms with Crippen molar-refractivity contribution in [1.29, 1.82) is 5.26 Å². The summed E-state index contributed by atoms with van der Waals surface area (Å²) in [7, 11) is 0. The van der Waals surface area contributed by atoms with Gasteiger partial charge in [-0.2, -0.15) is 5.26 Å². The maximum Gasteiger partial charge on any atom is 0.308 e. The van der Waals surface area contributed by atoms with Crippen LogP contribution >= 0.6 is 0 Å². The van der Waals surface area contributed by atoms with Crippen LogP contribution in [-0.4, -0.2) is 23.8 Å². The summed E-state index contributed by atoms with van der Waals surface area (Å²) < 4.78 is 4.58. The molecule has 0 bridgehead atoms. The fraction of sp³-hybridized carbons (Fsp3) is 0.500. The fourth-order valence-electron chi connectivity index (χ4n) is 0.581. The van der Waals surface area contributed by atoms with Crippen LogP contribution in [0, 0.1) is 11.3 Å². The zero-order valence-electron chi connectivity index (χ0n) is 6.69. The lowest BCUT2D eigenvalue weighted by atomic mass is 10.2. The van der Waals surface area contributed by atoms with Gasteiger partial charge in [-0.1, -0.05) is 12.7 Å². The number of nitriles is 1. The van der Waals surface area contributed by atoms with E-state index in [1.807, 2.05) is 0 Å². The van der Waals surface area contributed by atoms with Crippen LogP contribution in [0.25, 0.3) is 0 Å². The van der Waals surface area contributed by atoms with Crippen LogP contribution in [0.3, 0.4) is 0 Å². The maximum atomic E-state index is 10.7. The summed E-state index contributed by atoms with van der Waals surface area (Å²) in [5.41, 5.74) is 0. The highest BCUT2D eigenvalue weighted by atomic mass is 16.5. The fourth-order valence-corrected chi connectivity index (χ4v) is 0.581. The smallest absolute Gasteiger partial charge is 0.308 e. The van der Waals surface area contributed by atoms with Crippen molar-refractivity contribution in [3.05, 3.63) is 12.7 Å². The summed E-state index contributed by atoms with van der Waals surface area (Å²) in [4.78, 5) is 10.7. The summed E-state index contributed by atoms with van der Waals surface area (Å²) in [6, 6.07) is 1.75. The molecule has 66 valence electrons. The molecule has 1 atom stereocenters. The van der Waals surface area contributed by atoms with Gasteiger partial charge in [0.2, 0.25) is 0 Å². The lowest BCUT2D eigenvalue weighted by molar-refractivity contribution is -0.144. The third-order valence-corrected chi connectivity index (χ3v) is 1.09. The van der Waals surface area contributed by atoms with E-state index in [0.29, 0.717) is 0 Å². The van der Waals surface area contributed by atoms with Crippen LogP contribution in [-0.2, 0) is 9.53 Å². The molecular weight excluding hydrogens is 158 g/mol. The van der Waals surface area contributed by atoms with Crippen LogP contribution in [0.5, 0.6) is 0 Å². The minimum absolute atomic E-state index is 0.0524. The molecule has 0 aromatic carbocycles. The first-order valence-corrected chi connectivity index (χ1v) is 3.52. The lowest BCUT2D eigenvalue weighted by Crippen LogP contribution is -2.15. The Kier molecular flexibility index (Phi) is 5.66. The van der Waals surface area contributed by atoms with Crippen LogP contribution in [0.2, 0.25) is 0 Å². The molecular formula is C8H11NO3. The molecule has 0 fully saturated rings. The molecule has 4 nitrogen and oxygen atoms in total. The molecule has 12 heavy (non-hydrogen) atoms. The number of rotatable bonds is 5. The predicted octanol–water partition coefficient (Wildman–Crippen LogP) is 0.380. The monoisotopic (exact) mass is 169 g/mol. The highest BCUT2D eigenvalue weighted by Crippen LogP contribution is 1.98. The minimum atomic E-state index is -0.924. The van der Waals surface area contributed by atoms with Crippen molar-refractivity contribution in [2.75, 3.05) is 6.61 Å². The van der Waals surface area contributed by atoms with Gasteiger partial charge < -0.3 is 9.84 Å². The zero-order valence-corrected chi connectivity index (χ0v) is 6.69. The van der Waals surface area contributed by atoms with E-state index in [9.17, 15) is 4.79 Å². The van der Waals surface area contributed by atoms with Gasteiger partial charge in [0.05, 0.1) is 25.0 Å². The van der Waals surface area contributed by atoms with Gasteiger partial charge in [0.25, 0.3) is 0 Å². The van der Waals surface area contributed by atoms with Gasteiger partial charge in [0.1, 0.15) is 6.61 Å². The quantitative estimate of drug-likeness (QED) is 0.477. The van der Waals surface area contributed by atoms with Crippen LogP contribution in [0.1, 0.15) is 12.8 Å². The van der Waals surface area contributed by atoms with Crippen molar-refractivity contribution in [2.45, 2.75) is 18.9 Å². The highest BCUT2D eigenvalue weighted by Gasteiger charge is 2.10. The first kappa shape index (κ1) is 10.7. The van der Waals surface area contributed by atoms with E-state index in [2.05, 4.69) is 11.3 Å². The van der Waals surface area contributed by atoms with Gasteiger partial charge in [0, 0.05) is 0 Å². The molecule has 0 aromatic heterocycles. The van der Waals surface area contributed by atoms with Crippen molar-refractivity contribution in [3.63, 3.8) is 0 Å². The van der Waals surface area contributed by atoms with E-state index in [1.165, 1.54) is 6.08 Å². The van der Waals surface area contributed by atoms with Gasteiger partial charge >= 0.3 is 5.97 Å². The molecule has 0 aliphatic heterocycles. The van der Waals surface area contributed by atoms with Gasteiger partial charge in [-0.05, 0) is 0 Å². The van der Waals surface area contributed by atoms with Gasteiger partial charge in [-0.3, -0.25) is 4.79 Å². The summed E-state index contributed by atoms with van der Waals surface area (Å²) in [5.74, 6) is -0.516. The zero-order chi connectivity index (χ0) is 9.40. The van der Waals surface area contributed by atoms with Crippen molar-refractivity contribution < 1.29 is 14.6 Å². The summed E-state index contributed by atoms with van der Waals surface area (Å²) in [6.07, 6.45) is 0.325. The Morgan fingerprint density at radius 3 is 3.00 bits per heavy atom. The Labute approximate surface area is 71.1 Å². The third-order valence-electron chi connectivity index (χ3n) is 1.09. The molecule has 0 aliphatic rings. The van der Waals surface area contributed by atoms with Gasteiger partial charge in [-0.15, -0.1) is 0 Å². The van der Waals surface area contributed by atoms with E-state index in [-0.39, 0.29) is 19.4 Å². The van der Waals surface area contributed by atoms with E-state index >= 15 is 0 Å². The van der Waals surface area contributed by atoms with Crippen molar-refractivity contribution in [2.24, 2.45) is 0 Å². The van der Waals surface area contributed by atoms with E-state index < -0.39 is 12.1 Å². The Morgan fingerprint density at radius 1 is 1.83 bits per heavy atom. The highest BCUT2D eigenvalue weighted by molar-refractivity contribution is 5.70. The maximum absolute atomic E-state index is 10.7. The normalized spacial score (nSPS) is 11.3. The second-order valence-corrected chi connectivity index (χ2v) is 2.19. The molecule has 0 aromatic rings. The Morgan fingerprint density at radius 2 is 2.50 bits per heavy atom. The van der Waals surface area contributed by atoms with Crippen molar-refractivity contribution >= 4 is 5.97 Å². The SMILES string of the molecule is C=CCOC(=O)CC(O)CC#N. The molecule has 1 unspecified atom stereocenters. The number of carbonyl (C=O) groups excluding carboxylic acids is 1. The van der Waals surface area contributed by atoms with Crippen molar-refractivity contribution in [3.8, 4) is 6.07 Å². The number of nitrogens with zero attached hydrogens (tertiary/aromatic N) is 1. The topological polar surface area (TPSA) is 70.3 Å². The molecule has 0 heterocycles. The first-order chi connectivity index (χ1) is 5.70. The molecule has 0 rings (SSSR count). The minimum Gasteiger partial charge on any atom is -0.461 e. The number of carbonyl (C=O) groups is 1. The third kappa shape index (κ3) is 5.45. The van der Waals surface area contributed by atoms with Crippen LogP contribution in [0.4, 0.5) is 0 Å². The number of hydrogen-bond donors (Lipinski definition) is 1. The first-order valence-electron chi connectivity index (χ1n) is 3.52. The molecule has 0 aliphatic carbocycles. The van der Waals surface area contributed by atoms with Crippen LogP contribution in [0.15, 0.2) is 12.7 Å². The molecule has 0 spiro atoms. The molecule has 0 radical (unpaired) electrons. The van der Waals surface area contributed by atoms with E-state index in [1.54, 1.807) is 6.07 Å². The van der Waals surface area contributed by atoms with Crippen LogP contribution < -0.4 is 0 Å². The van der Waals surface area contributed by atoms with Crippen molar-refractivity contribution in [1.82, 2.24) is 0 Å². The van der Waals surface area contributed by atoms with E-state index in [4.69, 9.17) is 10.4 Å². The number of hydrogen-bond acceptors (Lipinski definition) is 4. The van der Waals surface area contributed by atoms with E-state index in [0.717, 1.165) is 0 Å². The largest absolute Gasteiger partial charge is 0.461 e. The summed E-state index contributed by atoms with van der Waals surface area (Å²) in [5, 5.41) is 17.1. The molecule has 0 saturated carbocycles. The van der Waals surface area contributed by atoms with Gasteiger partial charge in [0.15, 0.2) is 0 Å². The Hall–Kier alpha value is -1.34. The Balaban J connectivity index is 3.55. The lowest BCUT2D eigenvalue weighted by Gasteiger charge is -2.04. The number of aliphatic hydroxyl groups is 1. The number of esters is 1. The van der Waals surface area contributed by atoms with Gasteiger partial charge in [-0.25, -0.2) is 0 Å². The second-order valence-electron chi connectivity index (χ2n) is 2.19. The average molecular weight is 169 g/mol. The average Bonchev–Trinajstić information content (AvgIpc) is 2.01. The number of ether oxygens (including phenoxy) is 1. The number of aliphatic hydroxyl groups excluding tert-OH is 1. The standard InChI is InChI=1S/C8H11NO3/c1-2-5-12-8(11)6-7(10)3-4-9/h2,7,10H,1,3,5-6H2. The molecule has 0 amide bonds.